The average Bonchev–Trinajstić information content (AvgIpc) is 3.08. The van der Waals surface area contributed by atoms with Crippen LogP contribution in [0.3, 0.4) is 0 Å². The second kappa shape index (κ2) is 10.7. The number of halogens is 1. The maximum atomic E-state index is 4.59. The molecule has 2 aromatic rings. The molecule has 136 valence electrons. The number of aromatic nitrogens is 2. The maximum Gasteiger partial charge on any atom is 0.182 e. The SMILES string of the molecule is CC.CC.CC.CC1CC=C(n2c(Br)nc3ccccc32)C1(C)C. The van der Waals surface area contributed by atoms with Gasteiger partial charge in [-0.3, -0.25) is 4.57 Å². The highest BCUT2D eigenvalue weighted by molar-refractivity contribution is 9.10. The first-order valence-corrected chi connectivity index (χ1v) is 10.1. The van der Waals surface area contributed by atoms with E-state index in [1.54, 1.807) is 0 Å². The quantitative estimate of drug-likeness (QED) is 0.482. The molecule has 1 atom stereocenters. The minimum atomic E-state index is 0.186. The van der Waals surface area contributed by atoms with Gasteiger partial charge in [-0.2, -0.15) is 0 Å². The Morgan fingerprint density at radius 3 is 2.08 bits per heavy atom. The molecule has 0 N–H and O–H groups in total. The van der Waals surface area contributed by atoms with Crippen LogP contribution in [0.5, 0.6) is 0 Å². The van der Waals surface area contributed by atoms with Crippen molar-refractivity contribution in [2.45, 2.75) is 68.7 Å². The minimum absolute atomic E-state index is 0.186. The monoisotopic (exact) mass is 394 g/mol. The number of allylic oxidation sites excluding steroid dienone is 2. The van der Waals surface area contributed by atoms with Crippen molar-refractivity contribution in [2.24, 2.45) is 11.3 Å². The van der Waals surface area contributed by atoms with Crippen LogP contribution in [0.25, 0.3) is 16.7 Å². The van der Waals surface area contributed by atoms with Crippen LogP contribution >= 0.6 is 15.9 Å². The van der Waals surface area contributed by atoms with E-state index in [4.69, 9.17) is 0 Å². The van der Waals surface area contributed by atoms with Crippen molar-refractivity contribution in [3.05, 3.63) is 35.1 Å². The van der Waals surface area contributed by atoms with Gasteiger partial charge < -0.3 is 0 Å². The van der Waals surface area contributed by atoms with E-state index >= 15 is 0 Å². The molecule has 3 heteroatoms. The van der Waals surface area contributed by atoms with Crippen LogP contribution in [-0.4, -0.2) is 9.55 Å². The van der Waals surface area contributed by atoms with Gasteiger partial charge in [0.15, 0.2) is 4.73 Å². The fourth-order valence-electron chi connectivity index (χ4n) is 2.70. The van der Waals surface area contributed by atoms with E-state index in [0.717, 1.165) is 16.7 Å². The summed E-state index contributed by atoms with van der Waals surface area (Å²) in [4.78, 5) is 4.59. The summed E-state index contributed by atoms with van der Waals surface area (Å²) in [7, 11) is 0. The molecule has 2 nitrogen and oxygen atoms in total. The Labute approximate surface area is 157 Å². The van der Waals surface area contributed by atoms with Crippen LogP contribution in [-0.2, 0) is 0 Å². The molecule has 1 aromatic carbocycles. The molecule has 1 aliphatic rings. The van der Waals surface area contributed by atoms with E-state index < -0.39 is 0 Å². The van der Waals surface area contributed by atoms with Crippen molar-refractivity contribution in [1.82, 2.24) is 9.55 Å². The molecule has 1 unspecified atom stereocenters. The molecule has 0 saturated carbocycles. The summed E-state index contributed by atoms with van der Waals surface area (Å²) >= 11 is 3.60. The predicted molar refractivity (Wildman–Crippen MR) is 113 cm³/mol. The Kier molecular flexibility index (Phi) is 10.2. The molecule has 3 rings (SSSR count). The van der Waals surface area contributed by atoms with Crippen LogP contribution in [0, 0.1) is 11.3 Å². The first-order chi connectivity index (χ1) is 11.5. The Bertz CT molecular complexity index is 638. The first-order valence-electron chi connectivity index (χ1n) is 9.36. The van der Waals surface area contributed by atoms with Crippen molar-refractivity contribution in [2.75, 3.05) is 0 Å². The second-order valence-electron chi connectivity index (χ2n) is 5.65. The zero-order chi connectivity index (χ0) is 18.9. The number of hydrogen-bond donors (Lipinski definition) is 0. The number of fused-ring (bicyclic) bond motifs is 1. The van der Waals surface area contributed by atoms with Crippen LogP contribution in [0.4, 0.5) is 0 Å². The fourth-order valence-corrected chi connectivity index (χ4v) is 3.28. The lowest BCUT2D eigenvalue weighted by Crippen LogP contribution is -2.21. The van der Waals surface area contributed by atoms with Crippen molar-refractivity contribution in [3.63, 3.8) is 0 Å². The Hall–Kier alpha value is -1.09. The molecule has 0 aliphatic heterocycles. The summed E-state index contributed by atoms with van der Waals surface area (Å²) < 4.78 is 3.15. The molecule has 0 fully saturated rings. The minimum Gasteiger partial charge on any atom is -0.291 e. The summed E-state index contributed by atoms with van der Waals surface area (Å²) in [5, 5.41) is 0. The molecular formula is C21H35BrN2. The molecule has 0 saturated heterocycles. The third-order valence-corrected chi connectivity index (χ3v) is 4.85. The first kappa shape index (κ1) is 22.9. The maximum absolute atomic E-state index is 4.59. The van der Waals surface area contributed by atoms with E-state index in [1.807, 2.05) is 47.6 Å². The second-order valence-corrected chi connectivity index (χ2v) is 6.36. The largest absolute Gasteiger partial charge is 0.291 e. The van der Waals surface area contributed by atoms with Crippen molar-refractivity contribution >= 4 is 32.7 Å². The van der Waals surface area contributed by atoms with Gasteiger partial charge in [0, 0.05) is 11.1 Å². The molecule has 24 heavy (non-hydrogen) atoms. The lowest BCUT2D eigenvalue weighted by molar-refractivity contribution is 0.338. The van der Waals surface area contributed by atoms with Gasteiger partial charge in [0.2, 0.25) is 0 Å². The third kappa shape index (κ3) is 4.50. The standard InChI is InChI=1S/C15H17BrN2.3C2H6/c1-10-8-9-13(15(10,2)3)18-12-7-5-4-6-11(12)17-14(18)16;3*1-2/h4-7,9-10H,8H2,1-3H3;3*1-2H3. The molecule has 0 spiro atoms. The van der Waals surface area contributed by atoms with Gasteiger partial charge in [-0.05, 0) is 40.4 Å². The van der Waals surface area contributed by atoms with E-state index in [0.29, 0.717) is 5.92 Å². The van der Waals surface area contributed by atoms with Crippen LogP contribution in [0.1, 0.15) is 68.7 Å². The van der Waals surface area contributed by atoms with Gasteiger partial charge in [-0.25, -0.2) is 4.98 Å². The number of benzene rings is 1. The summed E-state index contributed by atoms with van der Waals surface area (Å²) in [6, 6.07) is 8.29. The molecule has 1 heterocycles. The number of rotatable bonds is 1. The van der Waals surface area contributed by atoms with E-state index in [2.05, 4.69) is 70.5 Å². The summed E-state index contributed by atoms with van der Waals surface area (Å²) in [6.07, 6.45) is 3.49. The molecule has 1 aliphatic carbocycles. The van der Waals surface area contributed by atoms with E-state index in [1.165, 1.54) is 11.2 Å². The zero-order valence-corrected chi connectivity index (χ0v) is 18.5. The van der Waals surface area contributed by atoms with Crippen molar-refractivity contribution in [1.29, 1.82) is 0 Å². The predicted octanol–water partition coefficient (Wildman–Crippen LogP) is 7.78. The highest BCUT2D eigenvalue weighted by Crippen LogP contribution is 2.47. The zero-order valence-electron chi connectivity index (χ0n) is 16.9. The number of hydrogen-bond acceptors (Lipinski definition) is 1. The van der Waals surface area contributed by atoms with Gasteiger partial charge in [-0.15, -0.1) is 0 Å². The van der Waals surface area contributed by atoms with Crippen molar-refractivity contribution < 1.29 is 0 Å². The number of nitrogens with zero attached hydrogens (tertiary/aromatic N) is 2. The summed E-state index contributed by atoms with van der Waals surface area (Å²) in [5.74, 6) is 0.667. The topological polar surface area (TPSA) is 17.8 Å². The van der Waals surface area contributed by atoms with Gasteiger partial charge in [0.1, 0.15) is 0 Å². The van der Waals surface area contributed by atoms with Crippen LogP contribution < -0.4 is 0 Å². The molecule has 1 aromatic heterocycles. The lowest BCUT2D eigenvalue weighted by atomic mass is 9.81. The van der Waals surface area contributed by atoms with E-state index in [9.17, 15) is 0 Å². The Morgan fingerprint density at radius 1 is 1.04 bits per heavy atom. The van der Waals surface area contributed by atoms with Crippen LogP contribution in [0.15, 0.2) is 35.1 Å². The van der Waals surface area contributed by atoms with Gasteiger partial charge in [0.25, 0.3) is 0 Å². The molecule has 0 radical (unpaired) electrons. The smallest absolute Gasteiger partial charge is 0.182 e. The fraction of sp³-hybridized carbons (Fsp3) is 0.571. The van der Waals surface area contributed by atoms with E-state index in [-0.39, 0.29) is 5.41 Å². The Balaban J connectivity index is 0.000000798. The Morgan fingerprint density at radius 2 is 1.58 bits per heavy atom. The molecule has 0 amide bonds. The normalized spacial score (nSPS) is 17.6. The lowest BCUT2D eigenvalue weighted by Gasteiger charge is -2.29. The number of imidazole rings is 1. The molecular weight excluding hydrogens is 360 g/mol. The van der Waals surface area contributed by atoms with Gasteiger partial charge >= 0.3 is 0 Å². The highest BCUT2D eigenvalue weighted by Gasteiger charge is 2.36. The van der Waals surface area contributed by atoms with Gasteiger partial charge in [-0.1, -0.05) is 80.5 Å². The summed E-state index contributed by atoms with van der Waals surface area (Å²) in [6.45, 7) is 19.0. The van der Waals surface area contributed by atoms with Crippen molar-refractivity contribution in [3.8, 4) is 0 Å². The summed E-state index contributed by atoms with van der Waals surface area (Å²) in [5.41, 5.74) is 3.76. The number of para-hydroxylation sites is 2. The average molecular weight is 395 g/mol. The highest BCUT2D eigenvalue weighted by atomic mass is 79.9. The van der Waals surface area contributed by atoms with Gasteiger partial charge in [0.05, 0.1) is 11.0 Å². The third-order valence-electron chi connectivity index (χ3n) is 4.32. The molecule has 0 bridgehead atoms. The van der Waals surface area contributed by atoms with Crippen LogP contribution in [0.2, 0.25) is 0 Å².